The molecule has 1 N–H and O–H groups in total. The average Bonchev–Trinajstić information content (AvgIpc) is 2.62. The second-order valence-electron chi connectivity index (χ2n) is 6.05. The van der Waals surface area contributed by atoms with Crippen molar-refractivity contribution in [3.05, 3.63) is 29.1 Å². The van der Waals surface area contributed by atoms with Crippen LogP contribution in [0.1, 0.15) is 13.8 Å². The first kappa shape index (κ1) is 18.9. The Bertz CT molecular complexity index is 740. The van der Waals surface area contributed by atoms with Gasteiger partial charge in [-0.2, -0.15) is 0 Å². The summed E-state index contributed by atoms with van der Waals surface area (Å²) in [6.45, 7) is 10.00. The second-order valence-corrected chi connectivity index (χ2v) is 6.05. The standard InChI is InChI=1S/C15H22N6O.CH2O2/c1-12(2)20-8-5-19(6-9-20)7-10-21-11-18-14-13(15(21)22)16-3-4-17-14;2-1-3/h3-4,11-12H,5-10H2,1-2H3;1H,(H,2,3). The van der Waals surface area contributed by atoms with Crippen molar-refractivity contribution in [2.24, 2.45) is 0 Å². The van der Waals surface area contributed by atoms with Gasteiger partial charge in [0, 0.05) is 57.7 Å². The SMILES string of the molecule is CC(C)N1CCN(CCn2cnc3nccnc3c2=O)CC1.O=CO. The van der Waals surface area contributed by atoms with Crippen LogP contribution in [-0.4, -0.2) is 79.7 Å². The van der Waals surface area contributed by atoms with Crippen molar-refractivity contribution in [1.82, 2.24) is 29.3 Å². The van der Waals surface area contributed by atoms with Crippen LogP contribution in [0.2, 0.25) is 0 Å². The van der Waals surface area contributed by atoms with Crippen molar-refractivity contribution >= 4 is 17.6 Å². The van der Waals surface area contributed by atoms with Crippen molar-refractivity contribution in [1.29, 1.82) is 0 Å². The van der Waals surface area contributed by atoms with Crippen LogP contribution in [0.4, 0.5) is 0 Å². The van der Waals surface area contributed by atoms with E-state index in [1.165, 1.54) is 6.20 Å². The maximum absolute atomic E-state index is 12.3. The smallest absolute Gasteiger partial charge is 0.290 e. The van der Waals surface area contributed by atoms with Gasteiger partial charge >= 0.3 is 0 Å². The molecule has 0 aliphatic carbocycles. The number of nitrogens with zero attached hydrogens (tertiary/aromatic N) is 6. The molecule has 0 spiro atoms. The van der Waals surface area contributed by atoms with Gasteiger partial charge in [0.2, 0.25) is 0 Å². The molecule has 0 atom stereocenters. The number of hydrogen-bond donors (Lipinski definition) is 1. The van der Waals surface area contributed by atoms with Crippen LogP contribution in [0, 0.1) is 0 Å². The molecule has 9 nitrogen and oxygen atoms in total. The van der Waals surface area contributed by atoms with Gasteiger partial charge in [-0.1, -0.05) is 0 Å². The molecule has 0 aromatic carbocycles. The molecule has 25 heavy (non-hydrogen) atoms. The first-order valence-electron chi connectivity index (χ1n) is 8.27. The number of fused-ring (bicyclic) bond motifs is 1. The zero-order valence-electron chi connectivity index (χ0n) is 14.6. The van der Waals surface area contributed by atoms with Crippen molar-refractivity contribution in [2.75, 3.05) is 32.7 Å². The molecule has 2 aromatic rings. The minimum absolute atomic E-state index is 0.112. The number of rotatable bonds is 4. The zero-order valence-corrected chi connectivity index (χ0v) is 14.6. The fraction of sp³-hybridized carbons (Fsp3) is 0.562. The van der Waals surface area contributed by atoms with Crippen LogP contribution in [0.5, 0.6) is 0 Å². The Morgan fingerprint density at radius 2 is 1.76 bits per heavy atom. The van der Waals surface area contributed by atoms with Crippen molar-refractivity contribution in [3.8, 4) is 0 Å². The third-order valence-corrected chi connectivity index (χ3v) is 4.26. The van der Waals surface area contributed by atoms with E-state index < -0.39 is 0 Å². The van der Waals surface area contributed by atoms with Gasteiger partial charge in [0.1, 0.15) is 6.33 Å². The summed E-state index contributed by atoms with van der Waals surface area (Å²) in [6.07, 6.45) is 4.65. The topological polar surface area (TPSA) is 104 Å². The van der Waals surface area contributed by atoms with Crippen LogP contribution in [0.3, 0.4) is 0 Å². The average molecular weight is 348 g/mol. The number of hydrogen-bond acceptors (Lipinski definition) is 7. The van der Waals surface area contributed by atoms with Crippen LogP contribution < -0.4 is 5.56 Å². The van der Waals surface area contributed by atoms with Crippen LogP contribution in [0.25, 0.3) is 11.2 Å². The molecule has 3 heterocycles. The molecule has 0 radical (unpaired) electrons. The number of carboxylic acid groups (broad SMARTS) is 1. The first-order chi connectivity index (χ1) is 12.1. The summed E-state index contributed by atoms with van der Waals surface area (Å²) in [7, 11) is 0. The molecular weight excluding hydrogens is 324 g/mol. The summed E-state index contributed by atoms with van der Waals surface area (Å²) in [4.78, 5) is 37.9. The molecule has 0 amide bonds. The fourth-order valence-electron chi connectivity index (χ4n) is 2.80. The number of aromatic nitrogens is 4. The Morgan fingerprint density at radius 1 is 1.12 bits per heavy atom. The minimum Gasteiger partial charge on any atom is -0.483 e. The van der Waals surface area contributed by atoms with Crippen LogP contribution in [-0.2, 0) is 11.3 Å². The first-order valence-corrected chi connectivity index (χ1v) is 8.27. The summed E-state index contributed by atoms with van der Waals surface area (Å²) in [5.74, 6) is 0. The fourth-order valence-corrected chi connectivity index (χ4v) is 2.80. The molecule has 1 aliphatic heterocycles. The van der Waals surface area contributed by atoms with E-state index in [9.17, 15) is 4.79 Å². The predicted molar refractivity (Wildman–Crippen MR) is 93.4 cm³/mol. The molecule has 0 bridgehead atoms. The molecule has 1 fully saturated rings. The van der Waals surface area contributed by atoms with Gasteiger partial charge in [0.15, 0.2) is 11.2 Å². The Labute approximate surface area is 145 Å². The summed E-state index contributed by atoms with van der Waals surface area (Å²) >= 11 is 0. The lowest BCUT2D eigenvalue weighted by molar-refractivity contribution is -0.122. The molecule has 136 valence electrons. The second kappa shape index (κ2) is 9.19. The lowest BCUT2D eigenvalue weighted by Gasteiger charge is -2.36. The normalized spacial score (nSPS) is 15.8. The van der Waals surface area contributed by atoms with Gasteiger partial charge in [-0.3, -0.25) is 24.0 Å². The molecule has 0 saturated carbocycles. The Hall–Kier alpha value is -2.39. The van der Waals surface area contributed by atoms with Gasteiger partial charge in [0.05, 0.1) is 0 Å². The van der Waals surface area contributed by atoms with Crippen molar-refractivity contribution in [3.63, 3.8) is 0 Å². The molecule has 9 heteroatoms. The highest BCUT2D eigenvalue weighted by Crippen LogP contribution is 2.05. The van der Waals surface area contributed by atoms with E-state index in [0.717, 1.165) is 32.7 Å². The summed E-state index contributed by atoms with van der Waals surface area (Å²) in [6, 6.07) is 0.605. The maximum Gasteiger partial charge on any atom is 0.290 e. The van der Waals surface area contributed by atoms with Crippen LogP contribution >= 0.6 is 0 Å². The van der Waals surface area contributed by atoms with Crippen LogP contribution in [0.15, 0.2) is 23.5 Å². The highest BCUT2D eigenvalue weighted by Gasteiger charge is 2.18. The third kappa shape index (κ3) is 5.04. The highest BCUT2D eigenvalue weighted by molar-refractivity contribution is 5.66. The molecule has 1 saturated heterocycles. The van der Waals surface area contributed by atoms with E-state index in [1.54, 1.807) is 17.1 Å². The van der Waals surface area contributed by atoms with E-state index >= 15 is 0 Å². The predicted octanol–water partition coefficient (Wildman–Crippen LogP) is -0.0867. The largest absolute Gasteiger partial charge is 0.483 e. The van der Waals surface area contributed by atoms with E-state index in [1.807, 2.05) is 0 Å². The lowest BCUT2D eigenvalue weighted by atomic mass is 10.2. The van der Waals surface area contributed by atoms with Crippen molar-refractivity contribution < 1.29 is 9.90 Å². The third-order valence-electron chi connectivity index (χ3n) is 4.26. The van der Waals surface area contributed by atoms with E-state index in [2.05, 4.69) is 38.6 Å². The molecule has 0 unspecified atom stereocenters. The molecule has 2 aromatic heterocycles. The molecule has 3 rings (SSSR count). The Kier molecular flexibility index (Phi) is 6.96. The van der Waals surface area contributed by atoms with Gasteiger partial charge in [-0.15, -0.1) is 0 Å². The highest BCUT2D eigenvalue weighted by atomic mass is 16.3. The van der Waals surface area contributed by atoms with E-state index in [4.69, 9.17) is 9.90 Å². The van der Waals surface area contributed by atoms with Gasteiger partial charge in [-0.05, 0) is 13.8 Å². The minimum atomic E-state index is -0.250. The number of piperazine rings is 1. The molecule has 1 aliphatic rings. The molecular formula is C16H24N6O3. The summed E-state index contributed by atoms with van der Waals surface area (Å²) < 4.78 is 1.63. The Morgan fingerprint density at radius 3 is 2.40 bits per heavy atom. The van der Waals surface area contributed by atoms with Gasteiger partial charge in [0.25, 0.3) is 12.0 Å². The quantitative estimate of drug-likeness (QED) is 0.765. The maximum atomic E-state index is 12.3. The van der Waals surface area contributed by atoms with Crippen molar-refractivity contribution in [2.45, 2.75) is 26.4 Å². The monoisotopic (exact) mass is 348 g/mol. The Balaban J connectivity index is 0.000000701. The number of carbonyl (C=O) groups is 1. The summed E-state index contributed by atoms with van der Waals surface area (Å²) in [5.41, 5.74) is 0.642. The zero-order chi connectivity index (χ0) is 18.2. The van der Waals surface area contributed by atoms with Gasteiger partial charge < -0.3 is 5.11 Å². The lowest BCUT2D eigenvalue weighted by Crippen LogP contribution is -2.49. The van der Waals surface area contributed by atoms with Gasteiger partial charge in [-0.25, -0.2) is 15.0 Å². The van der Waals surface area contributed by atoms with E-state index in [0.29, 0.717) is 23.8 Å². The van der Waals surface area contributed by atoms with E-state index in [-0.39, 0.29) is 12.0 Å². The summed E-state index contributed by atoms with van der Waals surface area (Å²) in [5, 5.41) is 6.89.